The molecule has 4 aromatic rings. The molecule has 0 fully saturated rings. The van der Waals surface area contributed by atoms with E-state index in [1.54, 1.807) is 50.1 Å². The number of fused-ring (bicyclic) bond motifs is 1. The zero-order valence-electron chi connectivity index (χ0n) is 17.7. The van der Waals surface area contributed by atoms with Crippen LogP contribution in [0.1, 0.15) is 38.2 Å². The van der Waals surface area contributed by atoms with Crippen molar-refractivity contribution in [2.75, 3.05) is 0 Å². The van der Waals surface area contributed by atoms with E-state index in [-0.39, 0.29) is 12.3 Å². The lowest BCUT2D eigenvalue weighted by Crippen LogP contribution is -2.26. The van der Waals surface area contributed by atoms with Gasteiger partial charge in [-0.25, -0.2) is 14.6 Å². The van der Waals surface area contributed by atoms with E-state index in [0.29, 0.717) is 22.5 Å². The van der Waals surface area contributed by atoms with Gasteiger partial charge in [0, 0.05) is 36.5 Å². The molecule has 0 unspecified atom stereocenters. The van der Waals surface area contributed by atoms with Gasteiger partial charge in [0.15, 0.2) is 5.78 Å². The molecule has 158 valence electrons. The highest BCUT2D eigenvalue weighted by molar-refractivity contribution is 6.06. The molecule has 0 bridgehead atoms. The van der Waals surface area contributed by atoms with Gasteiger partial charge in [0.1, 0.15) is 17.8 Å². The van der Waals surface area contributed by atoms with E-state index < -0.39 is 11.6 Å². The summed E-state index contributed by atoms with van der Waals surface area (Å²) in [6.07, 6.45) is 6.81. The Balaban J connectivity index is 1.71. The summed E-state index contributed by atoms with van der Waals surface area (Å²) in [4.78, 5) is 32.9. The summed E-state index contributed by atoms with van der Waals surface area (Å²) in [6.45, 7) is 6.79. The SMILES string of the molecule is CC(=O)c1nn(CC(=O)OC(C)(C)C)c2ccc(-c3cnn(-c4ncccn4)c3)cc12. The number of carbonyl (C=O) groups is 2. The number of aromatic nitrogens is 6. The summed E-state index contributed by atoms with van der Waals surface area (Å²) in [7, 11) is 0. The van der Waals surface area contributed by atoms with Gasteiger partial charge in [0.25, 0.3) is 0 Å². The van der Waals surface area contributed by atoms with Gasteiger partial charge >= 0.3 is 5.97 Å². The van der Waals surface area contributed by atoms with Crippen molar-refractivity contribution in [3.05, 3.63) is 54.7 Å². The molecule has 0 aliphatic heterocycles. The minimum absolute atomic E-state index is 0.0797. The van der Waals surface area contributed by atoms with Gasteiger partial charge in [-0.15, -0.1) is 0 Å². The third-order valence-corrected chi connectivity index (χ3v) is 4.46. The largest absolute Gasteiger partial charge is 0.459 e. The molecule has 0 aliphatic rings. The maximum absolute atomic E-state index is 12.3. The molecule has 3 aromatic heterocycles. The summed E-state index contributed by atoms with van der Waals surface area (Å²) in [5.41, 5.74) is 2.08. The number of esters is 1. The van der Waals surface area contributed by atoms with E-state index in [1.165, 1.54) is 11.6 Å². The zero-order valence-corrected chi connectivity index (χ0v) is 17.7. The van der Waals surface area contributed by atoms with E-state index in [2.05, 4.69) is 20.2 Å². The Bertz CT molecular complexity index is 1270. The number of rotatable bonds is 5. The molecular formula is C22H22N6O3. The maximum Gasteiger partial charge on any atom is 0.328 e. The number of ether oxygens (including phenoxy) is 1. The predicted octanol–water partition coefficient (Wildman–Crippen LogP) is 3.22. The van der Waals surface area contributed by atoms with Crippen molar-refractivity contribution in [3.8, 4) is 17.1 Å². The molecule has 0 spiro atoms. The summed E-state index contributed by atoms with van der Waals surface area (Å²) in [5.74, 6) is -0.136. The molecule has 1 aromatic carbocycles. The van der Waals surface area contributed by atoms with E-state index in [0.717, 1.165) is 11.1 Å². The Labute approximate surface area is 178 Å². The van der Waals surface area contributed by atoms with Gasteiger partial charge in [0.05, 0.1) is 11.7 Å². The van der Waals surface area contributed by atoms with Crippen LogP contribution >= 0.6 is 0 Å². The van der Waals surface area contributed by atoms with Gasteiger partial charge in [-0.3, -0.25) is 14.3 Å². The number of ketones is 1. The highest BCUT2D eigenvalue weighted by Gasteiger charge is 2.21. The van der Waals surface area contributed by atoms with E-state index >= 15 is 0 Å². The molecule has 0 N–H and O–H groups in total. The standard InChI is InChI=1S/C22H22N6O3/c1-14(29)20-17-10-15(16-11-25-28(12-16)21-23-8-5-9-24-21)6-7-18(17)27(26-20)13-19(30)31-22(2,3)4/h5-12H,13H2,1-4H3. The third-order valence-electron chi connectivity index (χ3n) is 4.46. The number of hydrogen-bond donors (Lipinski definition) is 0. The fraction of sp³-hybridized carbons (Fsp3) is 0.273. The Morgan fingerprint density at radius 1 is 1.10 bits per heavy atom. The number of carbonyl (C=O) groups excluding carboxylic acids is 2. The summed E-state index contributed by atoms with van der Waals surface area (Å²) < 4.78 is 8.48. The second-order valence-corrected chi connectivity index (χ2v) is 8.10. The molecule has 9 heteroatoms. The fourth-order valence-corrected chi connectivity index (χ4v) is 3.23. The molecule has 0 saturated heterocycles. The molecule has 31 heavy (non-hydrogen) atoms. The van der Waals surface area contributed by atoms with Gasteiger partial charge in [-0.1, -0.05) is 6.07 Å². The number of nitrogens with zero attached hydrogens (tertiary/aromatic N) is 6. The minimum Gasteiger partial charge on any atom is -0.459 e. The lowest BCUT2D eigenvalue weighted by Gasteiger charge is -2.19. The maximum atomic E-state index is 12.3. The van der Waals surface area contributed by atoms with E-state index in [1.807, 2.05) is 24.4 Å². The van der Waals surface area contributed by atoms with Crippen LogP contribution in [-0.4, -0.2) is 46.9 Å². The topological polar surface area (TPSA) is 105 Å². The fourth-order valence-electron chi connectivity index (χ4n) is 3.23. The minimum atomic E-state index is -0.598. The molecule has 0 aliphatic carbocycles. The zero-order chi connectivity index (χ0) is 22.2. The van der Waals surface area contributed by atoms with Gasteiger partial charge in [-0.2, -0.15) is 10.2 Å². The highest BCUT2D eigenvalue weighted by atomic mass is 16.6. The quantitative estimate of drug-likeness (QED) is 0.362. The lowest BCUT2D eigenvalue weighted by molar-refractivity contribution is -0.155. The van der Waals surface area contributed by atoms with Crippen molar-refractivity contribution in [1.29, 1.82) is 0 Å². The molecule has 3 heterocycles. The Kier molecular flexibility index (Phi) is 5.10. The summed E-state index contributed by atoms with van der Waals surface area (Å²) in [5, 5.41) is 9.36. The van der Waals surface area contributed by atoms with Crippen molar-refractivity contribution in [2.45, 2.75) is 39.8 Å². The molecule has 0 saturated carbocycles. The van der Waals surface area contributed by atoms with Gasteiger partial charge in [-0.05, 0) is 44.5 Å². The van der Waals surface area contributed by atoms with Crippen molar-refractivity contribution in [3.63, 3.8) is 0 Å². The average Bonchev–Trinajstić information content (AvgIpc) is 3.32. The van der Waals surface area contributed by atoms with Crippen molar-refractivity contribution in [1.82, 2.24) is 29.5 Å². The van der Waals surface area contributed by atoms with E-state index in [4.69, 9.17) is 4.74 Å². The Morgan fingerprint density at radius 2 is 1.84 bits per heavy atom. The molecule has 9 nitrogen and oxygen atoms in total. The van der Waals surface area contributed by atoms with Crippen molar-refractivity contribution < 1.29 is 14.3 Å². The van der Waals surface area contributed by atoms with Crippen LogP contribution in [0.15, 0.2) is 49.1 Å². The predicted molar refractivity (Wildman–Crippen MR) is 114 cm³/mol. The highest BCUT2D eigenvalue weighted by Crippen LogP contribution is 2.27. The number of benzene rings is 1. The van der Waals surface area contributed by atoms with Crippen LogP contribution in [0.5, 0.6) is 0 Å². The molecule has 4 rings (SSSR count). The average molecular weight is 418 g/mol. The van der Waals surface area contributed by atoms with Crippen LogP contribution in [0, 0.1) is 0 Å². The van der Waals surface area contributed by atoms with Crippen LogP contribution in [-0.2, 0) is 16.1 Å². The first-order valence-corrected chi connectivity index (χ1v) is 9.77. The van der Waals surface area contributed by atoms with Gasteiger partial charge < -0.3 is 4.74 Å². The van der Waals surface area contributed by atoms with Crippen LogP contribution < -0.4 is 0 Å². The molecule has 0 atom stereocenters. The number of Topliss-reactive ketones (excluding diaryl/α,β-unsaturated/α-hetero) is 1. The normalized spacial score (nSPS) is 11.6. The van der Waals surface area contributed by atoms with Crippen LogP contribution in [0.25, 0.3) is 28.0 Å². The van der Waals surface area contributed by atoms with Gasteiger partial charge in [0.2, 0.25) is 5.95 Å². The monoisotopic (exact) mass is 418 g/mol. The first-order chi connectivity index (χ1) is 14.7. The summed E-state index contributed by atoms with van der Waals surface area (Å²) in [6, 6.07) is 7.34. The second kappa shape index (κ2) is 7.75. The van der Waals surface area contributed by atoms with Crippen LogP contribution in [0.2, 0.25) is 0 Å². The molecular weight excluding hydrogens is 396 g/mol. The molecule has 0 amide bonds. The molecule has 0 radical (unpaired) electrons. The summed E-state index contributed by atoms with van der Waals surface area (Å²) >= 11 is 0. The van der Waals surface area contributed by atoms with Crippen molar-refractivity contribution in [2.24, 2.45) is 0 Å². The first kappa shape index (κ1) is 20.4. The van der Waals surface area contributed by atoms with Crippen LogP contribution in [0.4, 0.5) is 0 Å². The number of hydrogen-bond acceptors (Lipinski definition) is 7. The third kappa shape index (κ3) is 4.35. The first-order valence-electron chi connectivity index (χ1n) is 9.77. The second-order valence-electron chi connectivity index (χ2n) is 8.10. The van der Waals surface area contributed by atoms with E-state index in [9.17, 15) is 9.59 Å². The lowest BCUT2D eigenvalue weighted by atomic mass is 10.1. The Morgan fingerprint density at radius 3 is 2.52 bits per heavy atom. The van der Waals surface area contributed by atoms with Crippen LogP contribution in [0.3, 0.4) is 0 Å². The smallest absolute Gasteiger partial charge is 0.328 e. The Hall–Kier alpha value is -3.88. The van der Waals surface area contributed by atoms with Crippen molar-refractivity contribution >= 4 is 22.7 Å².